The van der Waals surface area contributed by atoms with E-state index in [4.69, 9.17) is 0 Å². The minimum absolute atomic E-state index is 0.00568. The minimum Gasteiger partial charge on any atom is -0.278 e. The van der Waals surface area contributed by atoms with E-state index in [2.05, 4.69) is 21.1 Å². The molecule has 0 aliphatic carbocycles. The highest BCUT2D eigenvalue weighted by atomic mass is 16.6. The minimum atomic E-state index is -0.471. The number of aryl methyl sites for hydroxylation is 1. The summed E-state index contributed by atoms with van der Waals surface area (Å²) in [5, 5.41) is 18.5. The molecule has 25 heavy (non-hydrogen) atoms. The first-order valence-corrected chi connectivity index (χ1v) is 7.40. The second-order valence-electron chi connectivity index (χ2n) is 5.24. The molecule has 0 aliphatic rings. The summed E-state index contributed by atoms with van der Waals surface area (Å²) in [4.78, 5) is 22.0. The lowest BCUT2D eigenvalue weighted by molar-refractivity contribution is -0.384. The van der Waals surface area contributed by atoms with E-state index in [1.807, 2.05) is 13.0 Å². The third-order valence-corrected chi connectivity index (χ3v) is 3.14. The number of hydrogen-bond donors (Lipinski definition) is 2. The summed E-state index contributed by atoms with van der Waals surface area (Å²) in [6.07, 6.45) is 1.43. The molecule has 0 aromatic heterocycles. The lowest BCUT2D eigenvalue weighted by Crippen LogP contribution is -2.19. The van der Waals surface area contributed by atoms with Gasteiger partial charge >= 0.3 is 0 Å². The molecular formula is C17H17N5O3. The van der Waals surface area contributed by atoms with E-state index in [0.717, 1.165) is 5.56 Å². The summed E-state index contributed by atoms with van der Waals surface area (Å²) in [6, 6.07) is 13.0. The van der Waals surface area contributed by atoms with Crippen molar-refractivity contribution in [1.29, 1.82) is 0 Å². The zero-order valence-electron chi connectivity index (χ0n) is 13.8. The molecule has 0 bridgehead atoms. The zero-order valence-corrected chi connectivity index (χ0v) is 13.8. The van der Waals surface area contributed by atoms with Crippen LogP contribution in [0.3, 0.4) is 0 Å². The SMILES string of the molecule is CC(/C=N/Nc1ccc([N+](=O)[O-])cc1)=N\NC(=O)c1cccc(C)c1. The second-order valence-corrected chi connectivity index (χ2v) is 5.24. The van der Waals surface area contributed by atoms with E-state index in [-0.39, 0.29) is 11.6 Å². The van der Waals surface area contributed by atoms with Crippen LogP contribution in [0.2, 0.25) is 0 Å². The number of anilines is 1. The number of carbonyl (C=O) groups is 1. The smallest absolute Gasteiger partial charge is 0.271 e. The molecule has 2 N–H and O–H groups in total. The largest absolute Gasteiger partial charge is 0.278 e. The van der Waals surface area contributed by atoms with Gasteiger partial charge in [-0.3, -0.25) is 20.3 Å². The summed E-state index contributed by atoms with van der Waals surface area (Å²) in [5.74, 6) is -0.306. The molecule has 1 amide bonds. The van der Waals surface area contributed by atoms with Crippen LogP contribution in [0.15, 0.2) is 58.7 Å². The van der Waals surface area contributed by atoms with Gasteiger partial charge in [-0.25, -0.2) is 5.43 Å². The molecule has 128 valence electrons. The van der Waals surface area contributed by atoms with Crippen LogP contribution in [-0.2, 0) is 0 Å². The lowest BCUT2D eigenvalue weighted by Gasteiger charge is -2.02. The predicted octanol–water partition coefficient (Wildman–Crippen LogP) is 3.11. The fourth-order valence-electron chi connectivity index (χ4n) is 1.88. The number of hydrazone groups is 2. The van der Waals surface area contributed by atoms with Crippen molar-refractivity contribution < 1.29 is 9.72 Å². The topological polar surface area (TPSA) is 109 Å². The van der Waals surface area contributed by atoms with E-state index in [1.165, 1.54) is 18.3 Å². The van der Waals surface area contributed by atoms with Crippen molar-refractivity contribution in [3.8, 4) is 0 Å². The Morgan fingerprint density at radius 3 is 2.56 bits per heavy atom. The number of rotatable bonds is 6. The van der Waals surface area contributed by atoms with E-state index in [1.54, 1.807) is 37.3 Å². The first-order chi connectivity index (χ1) is 12.0. The maximum absolute atomic E-state index is 12.0. The van der Waals surface area contributed by atoms with Gasteiger partial charge in [0.15, 0.2) is 0 Å². The highest BCUT2D eigenvalue weighted by Gasteiger charge is 2.04. The quantitative estimate of drug-likeness (QED) is 0.479. The van der Waals surface area contributed by atoms with Crippen LogP contribution in [0, 0.1) is 17.0 Å². The van der Waals surface area contributed by atoms with Crippen molar-refractivity contribution in [3.63, 3.8) is 0 Å². The molecule has 0 aliphatic heterocycles. The Kier molecular flexibility index (Phi) is 5.94. The summed E-state index contributed by atoms with van der Waals surface area (Å²) >= 11 is 0. The van der Waals surface area contributed by atoms with Crippen LogP contribution in [0.25, 0.3) is 0 Å². The molecule has 0 unspecified atom stereocenters. The summed E-state index contributed by atoms with van der Waals surface area (Å²) in [6.45, 7) is 3.58. The number of hydrogen-bond acceptors (Lipinski definition) is 6. The Labute approximate surface area is 144 Å². The maximum atomic E-state index is 12.0. The third-order valence-electron chi connectivity index (χ3n) is 3.14. The monoisotopic (exact) mass is 339 g/mol. The number of amides is 1. The number of carbonyl (C=O) groups excluding carboxylic acids is 1. The van der Waals surface area contributed by atoms with Crippen LogP contribution < -0.4 is 10.9 Å². The molecule has 8 nitrogen and oxygen atoms in total. The maximum Gasteiger partial charge on any atom is 0.271 e. The second kappa shape index (κ2) is 8.34. The Hall–Kier alpha value is -3.55. The lowest BCUT2D eigenvalue weighted by atomic mass is 10.1. The molecule has 0 fully saturated rings. The predicted molar refractivity (Wildman–Crippen MR) is 97.0 cm³/mol. The van der Waals surface area contributed by atoms with Gasteiger partial charge in [0.1, 0.15) is 0 Å². The van der Waals surface area contributed by atoms with E-state index in [0.29, 0.717) is 17.0 Å². The van der Waals surface area contributed by atoms with Crippen molar-refractivity contribution >= 4 is 29.2 Å². The molecule has 0 heterocycles. The molecule has 8 heteroatoms. The molecule has 0 atom stereocenters. The average Bonchev–Trinajstić information content (AvgIpc) is 2.60. The van der Waals surface area contributed by atoms with Crippen molar-refractivity contribution in [2.75, 3.05) is 5.43 Å². The molecule has 2 aromatic carbocycles. The van der Waals surface area contributed by atoms with Crippen molar-refractivity contribution in [2.45, 2.75) is 13.8 Å². The van der Waals surface area contributed by atoms with Crippen LogP contribution in [0.5, 0.6) is 0 Å². The first kappa shape index (κ1) is 17.8. The molecule has 0 saturated heterocycles. The van der Waals surface area contributed by atoms with Crippen LogP contribution in [0.1, 0.15) is 22.8 Å². The Morgan fingerprint density at radius 1 is 1.20 bits per heavy atom. The Bertz CT molecular complexity index is 828. The number of benzene rings is 2. The molecule has 0 radical (unpaired) electrons. The normalized spacial score (nSPS) is 11.4. The Morgan fingerprint density at radius 2 is 1.92 bits per heavy atom. The van der Waals surface area contributed by atoms with Gasteiger partial charge in [-0.15, -0.1) is 0 Å². The molecule has 2 rings (SSSR count). The van der Waals surface area contributed by atoms with Gasteiger partial charge in [-0.05, 0) is 38.1 Å². The fraction of sp³-hybridized carbons (Fsp3) is 0.118. The van der Waals surface area contributed by atoms with Gasteiger partial charge in [0.25, 0.3) is 11.6 Å². The first-order valence-electron chi connectivity index (χ1n) is 7.40. The van der Waals surface area contributed by atoms with E-state index in [9.17, 15) is 14.9 Å². The molecule has 0 spiro atoms. The van der Waals surface area contributed by atoms with Gasteiger partial charge in [0, 0.05) is 17.7 Å². The standard InChI is InChI=1S/C17H17N5O3/c1-12-4-3-5-14(10-12)17(23)21-19-13(2)11-18-20-15-6-8-16(9-7-15)22(24)25/h3-11,20H,1-2H3,(H,21,23)/b18-11+,19-13+. The summed E-state index contributed by atoms with van der Waals surface area (Å²) in [5.41, 5.74) is 7.77. The van der Waals surface area contributed by atoms with Crippen molar-refractivity contribution in [1.82, 2.24) is 5.43 Å². The number of nitro groups is 1. The average molecular weight is 339 g/mol. The van der Waals surface area contributed by atoms with Gasteiger partial charge in [0.05, 0.1) is 22.5 Å². The Balaban J connectivity index is 1.88. The van der Waals surface area contributed by atoms with Gasteiger partial charge < -0.3 is 0 Å². The van der Waals surface area contributed by atoms with Gasteiger partial charge in [-0.2, -0.15) is 10.2 Å². The third kappa shape index (κ3) is 5.54. The molecular weight excluding hydrogens is 322 g/mol. The highest BCUT2D eigenvalue weighted by Crippen LogP contribution is 2.15. The van der Waals surface area contributed by atoms with Crippen molar-refractivity contribution in [2.24, 2.45) is 10.2 Å². The summed E-state index contributed by atoms with van der Waals surface area (Å²) < 4.78 is 0. The number of nitrogens with zero attached hydrogens (tertiary/aromatic N) is 3. The molecule has 2 aromatic rings. The number of nitro benzene ring substituents is 1. The van der Waals surface area contributed by atoms with Crippen LogP contribution >= 0.6 is 0 Å². The van der Waals surface area contributed by atoms with Crippen LogP contribution in [0.4, 0.5) is 11.4 Å². The zero-order chi connectivity index (χ0) is 18.2. The fourth-order valence-corrected chi connectivity index (χ4v) is 1.88. The van der Waals surface area contributed by atoms with Gasteiger partial charge in [-0.1, -0.05) is 17.7 Å². The van der Waals surface area contributed by atoms with E-state index < -0.39 is 4.92 Å². The molecule has 0 saturated carbocycles. The van der Waals surface area contributed by atoms with E-state index >= 15 is 0 Å². The highest BCUT2D eigenvalue weighted by molar-refractivity contribution is 6.29. The number of nitrogens with one attached hydrogen (secondary N) is 2. The van der Waals surface area contributed by atoms with Crippen molar-refractivity contribution in [3.05, 3.63) is 69.8 Å². The van der Waals surface area contributed by atoms with Crippen LogP contribution in [-0.4, -0.2) is 22.8 Å². The van der Waals surface area contributed by atoms with Gasteiger partial charge in [0.2, 0.25) is 0 Å². The number of non-ortho nitro benzene ring substituents is 1. The summed E-state index contributed by atoms with van der Waals surface area (Å²) in [7, 11) is 0.